The number of nitriles is 1. The van der Waals surface area contributed by atoms with Crippen molar-refractivity contribution in [3.8, 4) is 17.3 Å². The molecule has 0 saturated heterocycles. The van der Waals surface area contributed by atoms with E-state index in [-0.39, 0.29) is 0 Å². The van der Waals surface area contributed by atoms with Gasteiger partial charge < -0.3 is 4.57 Å². The molecule has 0 fully saturated rings. The van der Waals surface area contributed by atoms with Crippen molar-refractivity contribution in [2.24, 2.45) is 0 Å². The maximum atomic E-state index is 9.07. The van der Waals surface area contributed by atoms with Gasteiger partial charge in [0.2, 0.25) is 0 Å². The van der Waals surface area contributed by atoms with Crippen LogP contribution in [0.25, 0.3) is 11.3 Å². The Morgan fingerprint density at radius 2 is 2.18 bits per heavy atom. The van der Waals surface area contributed by atoms with Crippen LogP contribution in [0.3, 0.4) is 0 Å². The van der Waals surface area contributed by atoms with Gasteiger partial charge in [-0.2, -0.15) is 5.26 Å². The first-order chi connectivity index (χ1) is 8.27. The van der Waals surface area contributed by atoms with Crippen LogP contribution >= 0.6 is 0 Å². The van der Waals surface area contributed by atoms with Crippen molar-refractivity contribution >= 4 is 0 Å². The van der Waals surface area contributed by atoms with E-state index in [2.05, 4.69) is 22.2 Å². The lowest BCUT2D eigenvalue weighted by molar-refractivity contribution is 0.805. The Kier molecular flexibility index (Phi) is 3.06. The molecule has 0 aliphatic carbocycles. The Morgan fingerprint density at radius 3 is 2.76 bits per heavy atom. The van der Waals surface area contributed by atoms with Crippen LogP contribution in [0.15, 0.2) is 43.2 Å². The van der Waals surface area contributed by atoms with E-state index < -0.39 is 0 Å². The highest BCUT2D eigenvalue weighted by atomic mass is 15.0. The van der Waals surface area contributed by atoms with E-state index >= 15 is 0 Å². The van der Waals surface area contributed by atoms with Gasteiger partial charge in [0.25, 0.3) is 0 Å². The largest absolute Gasteiger partial charge is 0.340 e. The number of aromatic nitrogens is 2. The lowest BCUT2D eigenvalue weighted by atomic mass is 10.2. The normalized spacial score (nSPS) is 9.88. The molecule has 0 spiro atoms. The van der Waals surface area contributed by atoms with Gasteiger partial charge in [0.05, 0.1) is 5.56 Å². The molecular formula is C14H13N3. The van der Waals surface area contributed by atoms with Crippen LogP contribution in [0.5, 0.6) is 0 Å². The molecule has 0 amide bonds. The number of pyridine rings is 1. The zero-order valence-corrected chi connectivity index (χ0v) is 9.72. The highest BCUT2D eigenvalue weighted by molar-refractivity contribution is 5.63. The van der Waals surface area contributed by atoms with E-state index in [9.17, 15) is 0 Å². The third-order valence-electron chi connectivity index (χ3n) is 2.77. The van der Waals surface area contributed by atoms with Gasteiger partial charge in [-0.1, -0.05) is 6.08 Å². The number of allylic oxidation sites excluding steroid dienone is 1. The average molecular weight is 223 g/mol. The molecule has 0 bridgehead atoms. The second-order valence-electron chi connectivity index (χ2n) is 3.78. The molecule has 0 unspecified atom stereocenters. The molecule has 2 rings (SSSR count). The smallest absolute Gasteiger partial charge is 0.101 e. The summed E-state index contributed by atoms with van der Waals surface area (Å²) in [6.07, 6.45) is 5.34. The van der Waals surface area contributed by atoms with Crippen LogP contribution in [0.4, 0.5) is 0 Å². The Hall–Kier alpha value is -2.34. The molecule has 0 radical (unpaired) electrons. The zero-order valence-electron chi connectivity index (χ0n) is 9.72. The third kappa shape index (κ3) is 1.98. The minimum Gasteiger partial charge on any atom is -0.340 e. The van der Waals surface area contributed by atoms with Gasteiger partial charge >= 0.3 is 0 Å². The average Bonchev–Trinajstić information content (AvgIpc) is 2.69. The summed E-state index contributed by atoms with van der Waals surface area (Å²) in [6.45, 7) is 6.40. The van der Waals surface area contributed by atoms with Crippen LogP contribution in [-0.2, 0) is 6.54 Å². The van der Waals surface area contributed by atoms with Gasteiger partial charge in [-0.3, -0.25) is 4.98 Å². The maximum absolute atomic E-state index is 9.07. The van der Waals surface area contributed by atoms with Crippen LogP contribution in [0.2, 0.25) is 0 Å². The molecular weight excluding hydrogens is 210 g/mol. The third-order valence-corrected chi connectivity index (χ3v) is 2.77. The standard InChI is InChI=1S/C14H13N3/c1-3-8-17-11(2)13(10-15)9-14(17)12-4-6-16-7-5-12/h3-7,9H,1,8H2,2H3. The monoisotopic (exact) mass is 223 g/mol. The Labute approximate surface area is 101 Å². The molecule has 3 heteroatoms. The van der Waals surface area contributed by atoms with Crippen molar-refractivity contribution in [3.63, 3.8) is 0 Å². The van der Waals surface area contributed by atoms with E-state index in [0.717, 1.165) is 17.0 Å². The molecule has 2 aromatic rings. The van der Waals surface area contributed by atoms with E-state index in [1.807, 2.05) is 31.2 Å². The first-order valence-corrected chi connectivity index (χ1v) is 5.39. The molecule has 2 aromatic heterocycles. The topological polar surface area (TPSA) is 41.6 Å². The molecule has 0 aliphatic heterocycles. The van der Waals surface area contributed by atoms with Gasteiger partial charge in [0.15, 0.2) is 0 Å². The summed E-state index contributed by atoms with van der Waals surface area (Å²) >= 11 is 0. The summed E-state index contributed by atoms with van der Waals surface area (Å²) in [5.74, 6) is 0. The summed E-state index contributed by atoms with van der Waals surface area (Å²) in [5.41, 5.74) is 3.77. The summed E-state index contributed by atoms with van der Waals surface area (Å²) < 4.78 is 2.08. The fraction of sp³-hybridized carbons (Fsp3) is 0.143. The van der Waals surface area contributed by atoms with E-state index in [1.165, 1.54) is 0 Å². The molecule has 0 aliphatic rings. The predicted molar refractivity (Wildman–Crippen MR) is 67.3 cm³/mol. The van der Waals surface area contributed by atoms with Crippen molar-refractivity contribution < 1.29 is 0 Å². The molecule has 84 valence electrons. The van der Waals surface area contributed by atoms with Gasteiger partial charge in [-0.25, -0.2) is 0 Å². The van der Waals surface area contributed by atoms with Gasteiger partial charge in [0, 0.05) is 35.9 Å². The molecule has 0 atom stereocenters. The number of nitrogens with zero attached hydrogens (tertiary/aromatic N) is 3. The van der Waals surface area contributed by atoms with E-state index in [1.54, 1.807) is 12.4 Å². The fourth-order valence-corrected chi connectivity index (χ4v) is 1.88. The first kappa shape index (κ1) is 11.2. The molecule has 0 N–H and O–H groups in total. The highest BCUT2D eigenvalue weighted by Gasteiger charge is 2.11. The Balaban J connectivity index is 2.61. The SMILES string of the molecule is C=CCn1c(-c2ccncc2)cc(C#N)c1C. The second kappa shape index (κ2) is 4.67. The van der Waals surface area contributed by atoms with Crippen molar-refractivity contribution in [1.29, 1.82) is 5.26 Å². The van der Waals surface area contributed by atoms with Crippen LogP contribution in [0.1, 0.15) is 11.3 Å². The molecule has 0 saturated carbocycles. The summed E-state index contributed by atoms with van der Waals surface area (Å²) in [5, 5.41) is 9.07. The lowest BCUT2D eigenvalue weighted by Gasteiger charge is -2.08. The number of hydrogen-bond donors (Lipinski definition) is 0. The second-order valence-corrected chi connectivity index (χ2v) is 3.78. The van der Waals surface area contributed by atoms with E-state index in [4.69, 9.17) is 5.26 Å². The first-order valence-electron chi connectivity index (χ1n) is 5.39. The summed E-state index contributed by atoms with van der Waals surface area (Å²) in [7, 11) is 0. The minimum atomic E-state index is 0.700. The number of hydrogen-bond acceptors (Lipinski definition) is 2. The molecule has 17 heavy (non-hydrogen) atoms. The minimum absolute atomic E-state index is 0.700. The quantitative estimate of drug-likeness (QED) is 0.751. The van der Waals surface area contributed by atoms with Crippen LogP contribution in [-0.4, -0.2) is 9.55 Å². The van der Waals surface area contributed by atoms with Gasteiger partial charge in [-0.05, 0) is 25.1 Å². The number of rotatable bonds is 3. The molecule has 3 nitrogen and oxygen atoms in total. The molecule has 2 heterocycles. The predicted octanol–water partition coefficient (Wildman–Crippen LogP) is 2.92. The molecule has 0 aromatic carbocycles. The summed E-state index contributed by atoms with van der Waals surface area (Å²) in [6, 6.07) is 8.00. The lowest BCUT2D eigenvalue weighted by Crippen LogP contribution is -2.00. The maximum Gasteiger partial charge on any atom is 0.101 e. The fourth-order valence-electron chi connectivity index (χ4n) is 1.88. The van der Waals surface area contributed by atoms with Crippen molar-refractivity contribution in [3.05, 3.63) is 54.5 Å². The Morgan fingerprint density at radius 1 is 1.47 bits per heavy atom. The van der Waals surface area contributed by atoms with Gasteiger partial charge in [-0.15, -0.1) is 6.58 Å². The van der Waals surface area contributed by atoms with Crippen molar-refractivity contribution in [1.82, 2.24) is 9.55 Å². The Bertz CT molecular complexity index is 574. The van der Waals surface area contributed by atoms with Gasteiger partial charge in [0.1, 0.15) is 6.07 Å². The van der Waals surface area contributed by atoms with Crippen LogP contribution < -0.4 is 0 Å². The summed E-state index contributed by atoms with van der Waals surface area (Å²) in [4.78, 5) is 4.00. The zero-order chi connectivity index (χ0) is 12.3. The highest BCUT2D eigenvalue weighted by Crippen LogP contribution is 2.25. The van der Waals surface area contributed by atoms with Crippen molar-refractivity contribution in [2.45, 2.75) is 13.5 Å². The van der Waals surface area contributed by atoms with Crippen LogP contribution in [0, 0.1) is 18.3 Å². The van der Waals surface area contributed by atoms with E-state index in [0.29, 0.717) is 12.1 Å². The van der Waals surface area contributed by atoms with Crippen molar-refractivity contribution in [2.75, 3.05) is 0 Å².